The van der Waals surface area contributed by atoms with E-state index in [1.54, 1.807) is 12.4 Å². The number of rotatable bonds is 4. The Morgan fingerprint density at radius 1 is 0.962 bits per heavy atom. The van der Waals surface area contributed by atoms with Crippen LogP contribution in [-0.4, -0.2) is 15.9 Å². The minimum Gasteiger partial charge on any atom is -0.424 e. The lowest BCUT2D eigenvalue weighted by Gasteiger charge is -2.55. The van der Waals surface area contributed by atoms with Gasteiger partial charge in [0.2, 0.25) is 5.91 Å². The van der Waals surface area contributed by atoms with Gasteiger partial charge in [0.1, 0.15) is 5.75 Å². The molecule has 1 N–H and O–H groups in total. The number of carbonyl (C=O) groups is 1. The van der Waals surface area contributed by atoms with Crippen molar-refractivity contribution in [3.8, 4) is 11.8 Å². The first-order valence-corrected chi connectivity index (χ1v) is 9.55. The maximum Gasteiger partial charge on any atom is 0.322 e. The van der Waals surface area contributed by atoms with E-state index in [0.29, 0.717) is 11.4 Å². The van der Waals surface area contributed by atoms with Gasteiger partial charge in [0.05, 0.1) is 23.5 Å². The maximum absolute atomic E-state index is 13.0. The number of aromatic nitrogens is 2. The van der Waals surface area contributed by atoms with Crippen molar-refractivity contribution in [1.29, 1.82) is 0 Å². The number of carbonyl (C=O) groups excluding carboxylic acids is 1. The van der Waals surface area contributed by atoms with Gasteiger partial charge in [-0.05, 0) is 68.4 Å². The molecule has 0 spiro atoms. The second-order valence-corrected chi connectivity index (χ2v) is 8.32. The highest BCUT2D eigenvalue weighted by Gasteiger charge is 2.54. The van der Waals surface area contributed by atoms with Crippen LogP contribution >= 0.6 is 0 Å². The van der Waals surface area contributed by atoms with Crippen molar-refractivity contribution in [1.82, 2.24) is 9.97 Å². The van der Waals surface area contributed by atoms with Gasteiger partial charge in [0.25, 0.3) is 0 Å². The van der Waals surface area contributed by atoms with E-state index in [0.717, 1.165) is 37.0 Å². The third-order valence-electron chi connectivity index (χ3n) is 6.36. The molecule has 4 fully saturated rings. The molecule has 1 aromatic heterocycles. The maximum atomic E-state index is 13.0. The van der Waals surface area contributed by atoms with Crippen LogP contribution in [0, 0.1) is 23.2 Å². The summed E-state index contributed by atoms with van der Waals surface area (Å²) in [6.45, 7) is 0. The van der Waals surface area contributed by atoms with E-state index in [1.165, 1.54) is 19.3 Å². The number of nitrogens with one attached hydrogen (secondary N) is 1. The Kier molecular flexibility index (Phi) is 3.69. The Hall–Kier alpha value is -2.43. The van der Waals surface area contributed by atoms with Crippen LogP contribution in [0.1, 0.15) is 38.5 Å². The van der Waals surface area contributed by atoms with Crippen molar-refractivity contribution >= 4 is 11.6 Å². The normalized spacial score (nSPS) is 31.6. The van der Waals surface area contributed by atoms with E-state index in [2.05, 4.69) is 15.3 Å². The molecule has 4 saturated carbocycles. The van der Waals surface area contributed by atoms with Crippen LogP contribution in [0.5, 0.6) is 11.8 Å². The molecule has 5 nitrogen and oxygen atoms in total. The van der Waals surface area contributed by atoms with Crippen molar-refractivity contribution in [3.05, 3.63) is 42.7 Å². The zero-order valence-electron chi connectivity index (χ0n) is 14.7. The SMILES string of the molecule is O=C(Nc1cnc(Oc2ccccc2)nc1)C12CC3CC(CC(C3)C1)C2. The standard InChI is InChI=1S/C21H23N3O2/c25-19(21-9-14-6-15(10-21)8-16(7-14)11-21)24-17-12-22-20(23-13-17)26-18-4-2-1-3-5-18/h1-5,12-16H,6-11H2,(H,24,25). The second kappa shape index (κ2) is 6.08. The molecule has 134 valence electrons. The third kappa shape index (κ3) is 2.85. The highest BCUT2D eigenvalue weighted by Crippen LogP contribution is 2.60. The molecule has 0 radical (unpaired) electrons. The second-order valence-electron chi connectivity index (χ2n) is 8.32. The molecule has 4 aliphatic carbocycles. The van der Waals surface area contributed by atoms with Crippen molar-refractivity contribution in [2.75, 3.05) is 5.32 Å². The van der Waals surface area contributed by atoms with Crippen molar-refractivity contribution < 1.29 is 9.53 Å². The lowest BCUT2D eigenvalue weighted by Crippen LogP contribution is -2.51. The van der Waals surface area contributed by atoms with Crippen LogP contribution < -0.4 is 10.1 Å². The molecule has 0 unspecified atom stereocenters. The van der Waals surface area contributed by atoms with Crippen LogP contribution in [0.3, 0.4) is 0 Å². The first-order chi connectivity index (χ1) is 12.7. The Morgan fingerprint density at radius 2 is 1.54 bits per heavy atom. The molecule has 26 heavy (non-hydrogen) atoms. The van der Waals surface area contributed by atoms with Gasteiger partial charge in [-0.3, -0.25) is 4.79 Å². The third-order valence-corrected chi connectivity index (χ3v) is 6.36. The lowest BCUT2D eigenvalue weighted by molar-refractivity contribution is -0.140. The van der Waals surface area contributed by atoms with Gasteiger partial charge in [-0.2, -0.15) is 0 Å². The van der Waals surface area contributed by atoms with Gasteiger partial charge in [0.15, 0.2) is 0 Å². The number of para-hydroxylation sites is 1. The Balaban J connectivity index is 1.27. The number of anilines is 1. The zero-order valence-corrected chi connectivity index (χ0v) is 14.7. The van der Waals surface area contributed by atoms with Crippen LogP contribution in [0.15, 0.2) is 42.7 Å². The summed E-state index contributed by atoms with van der Waals surface area (Å²) in [6, 6.07) is 9.71. The van der Waals surface area contributed by atoms with Gasteiger partial charge < -0.3 is 10.1 Å². The predicted octanol–water partition coefficient (Wildman–Crippen LogP) is 4.42. The molecule has 6 rings (SSSR count). The van der Waals surface area contributed by atoms with E-state index in [4.69, 9.17) is 4.74 Å². The Morgan fingerprint density at radius 3 is 2.12 bits per heavy atom. The molecule has 1 aromatic carbocycles. The van der Waals surface area contributed by atoms with Gasteiger partial charge >= 0.3 is 6.01 Å². The number of benzene rings is 1. The van der Waals surface area contributed by atoms with Crippen molar-refractivity contribution in [2.24, 2.45) is 23.2 Å². The molecule has 1 amide bonds. The fourth-order valence-corrected chi connectivity index (χ4v) is 5.68. The van der Waals surface area contributed by atoms with Crippen molar-refractivity contribution in [2.45, 2.75) is 38.5 Å². The molecule has 0 saturated heterocycles. The largest absolute Gasteiger partial charge is 0.424 e. The van der Waals surface area contributed by atoms with E-state index >= 15 is 0 Å². The summed E-state index contributed by atoms with van der Waals surface area (Å²) in [4.78, 5) is 21.5. The number of amides is 1. The van der Waals surface area contributed by atoms with Gasteiger partial charge in [-0.25, -0.2) is 9.97 Å². The summed E-state index contributed by atoms with van der Waals surface area (Å²) in [5.41, 5.74) is 0.486. The van der Waals surface area contributed by atoms with E-state index < -0.39 is 0 Å². The molecular formula is C21H23N3O2. The predicted molar refractivity (Wildman–Crippen MR) is 97.8 cm³/mol. The summed E-state index contributed by atoms with van der Waals surface area (Å²) < 4.78 is 5.60. The summed E-state index contributed by atoms with van der Waals surface area (Å²) in [7, 11) is 0. The first-order valence-electron chi connectivity index (χ1n) is 9.55. The fourth-order valence-electron chi connectivity index (χ4n) is 5.68. The first kappa shape index (κ1) is 15.8. The highest BCUT2D eigenvalue weighted by molar-refractivity contribution is 5.95. The Labute approximate surface area is 153 Å². The molecule has 2 aromatic rings. The van der Waals surface area contributed by atoms with Gasteiger partial charge in [0, 0.05) is 0 Å². The van der Waals surface area contributed by atoms with Gasteiger partial charge in [-0.1, -0.05) is 18.2 Å². The van der Waals surface area contributed by atoms with Crippen molar-refractivity contribution in [3.63, 3.8) is 0 Å². The van der Waals surface area contributed by atoms with E-state index in [-0.39, 0.29) is 17.3 Å². The molecule has 5 heteroatoms. The molecule has 0 atom stereocenters. The van der Waals surface area contributed by atoms with Crippen LogP contribution in [-0.2, 0) is 4.79 Å². The van der Waals surface area contributed by atoms with Crippen LogP contribution in [0.25, 0.3) is 0 Å². The monoisotopic (exact) mass is 349 g/mol. The molecule has 4 aliphatic rings. The van der Waals surface area contributed by atoms with Crippen LogP contribution in [0.4, 0.5) is 5.69 Å². The minimum atomic E-state index is -0.159. The smallest absolute Gasteiger partial charge is 0.322 e. The highest BCUT2D eigenvalue weighted by atomic mass is 16.5. The lowest BCUT2D eigenvalue weighted by atomic mass is 9.49. The van der Waals surface area contributed by atoms with E-state index in [1.807, 2.05) is 30.3 Å². The topological polar surface area (TPSA) is 64.1 Å². The number of hydrogen-bond donors (Lipinski definition) is 1. The zero-order chi connectivity index (χ0) is 17.6. The van der Waals surface area contributed by atoms with E-state index in [9.17, 15) is 4.79 Å². The summed E-state index contributed by atoms with van der Waals surface area (Å²) >= 11 is 0. The average Bonchev–Trinajstić information content (AvgIpc) is 2.63. The molecule has 0 aliphatic heterocycles. The molecule has 1 heterocycles. The number of hydrogen-bond acceptors (Lipinski definition) is 4. The molecular weight excluding hydrogens is 326 g/mol. The summed E-state index contributed by atoms with van der Waals surface area (Å²) in [5, 5.41) is 3.07. The molecule has 4 bridgehead atoms. The fraction of sp³-hybridized carbons (Fsp3) is 0.476. The van der Waals surface area contributed by atoms with Gasteiger partial charge in [-0.15, -0.1) is 0 Å². The summed E-state index contributed by atoms with van der Waals surface area (Å²) in [6.07, 6.45) is 10.4. The average molecular weight is 349 g/mol. The number of nitrogens with zero attached hydrogens (tertiary/aromatic N) is 2. The number of ether oxygens (including phenoxy) is 1. The van der Waals surface area contributed by atoms with Crippen LogP contribution in [0.2, 0.25) is 0 Å². The minimum absolute atomic E-state index is 0.159. The summed E-state index contributed by atoms with van der Waals surface area (Å²) in [5.74, 6) is 3.12. The quantitative estimate of drug-likeness (QED) is 0.887. The Bertz CT molecular complexity index is 768.